The number of nitrogens with zero attached hydrogens (tertiary/aromatic N) is 1. The summed E-state index contributed by atoms with van der Waals surface area (Å²) in [5.74, 6) is 0. The molecule has 9 heavy (non-hydrogen) atoms. The zero-order valence-electron chi connectivity index (χ0n) is 4.20. The summed E-state index contributed by atoms with van der Waals surface area (Å²) in [5, 5.41) is 10.5. The topological polar surface area (TPSA) is 43.1 Å². The van der Waals surface area contributed by atoms with E-state index >= 15 is 0 Å². The maximum absolute atomic E-state index is 12.0. The zero-order valence-corrected chi connectivity index (χ0v) is 5.02. The average molecular weight is 147 g/mol. The van der Waals surface area contributed by atoms with Gasteiger partial charge < -0.3 is 0 Å². The van der Waals surface area contributed by atoms with Crippen molar-refractivity contribution in [1.82, 2.24) is 0 Å². The van der Waals surface area contributed by atoms with Crippen LogP contribution in [0.4, 0.5) is 10.1 Å². The first-order chi connectivity index (χ1) is 4.20. The summed E-state index contributed by atoms with van der Waals surface area (Å²) in [6.07, 6.45) is 0. The molecule has 0 unspecified atom stereocenters. The molecule has 0 saturated heterocycles. The van der Waals surface area contributed by atoms with Gasteiger partial charge in [-0.15, -0.1) is 11.3 Å². The van der Waals surface area contributed by atoms with Crippen molar-refractivity contribution in [2.75, 3.05) is 0 Å². The molecule has 0 radical (unpaired) electrons. The first-order valence-corrected chi connectivity index (χ1v) is 2.96. The quantitative estimate of drug-likeness (QED) is 0.449. The standard InChI is InChI=1S/C4H2FNO2S/c5-4-1-3(2-9-4)6(7)8/h1-2H. The second kappa shape index (κ2) is 2.10. The Morgan fingerprint density at radius 2 is 2.44 bits per heavy atom. The predicted octanol–water partition coefficient (Wildman–Crippen LogP) is 1.80. The molecule has 0 saturated carbocycles. The van der Waals surface area contributed by atoms with Gasteiger partial charge in [0, 0.05) is 0 Å². The molecule has 1 rings (SSSR count). The van der Waals surface area contributed by atoms with Gasteiger partial charge in [-0.3, -0.25) is 10.1 Å². The van der Waals surface area contributed by atoms with Gasteiger partial charge in [0.15, 0.2) is 5.13 Å². The van der Waals surface area contributed by atoms with Gasteiger partial charge in [0.2, 0.25) is 0 Å². The van der Waals surface area contributed by atoms with Crippen LogP contribution >= 0.6 is 11.3 Å². The van der Waals surface area contributed by atoms with Gasteiger partial charge in [-0.2, -0.15) is 4.39 Å². The molecule has 1 aromatic rings. The van der Waals surface area contributed by atoms with E-state index in [-0.39, 0.29) is 5.69 Å². The summed E-state index contributed by atoms with van der Waals surface area (Å²) in [7, 11) is 0. The lowest BCUT2D eigenvalue weighted by atomic mass is 10.6. The molecular formula is C4H2FNO2S. The van der Waals surface area contributed by atoms with Crippen molar-refractivity contribution < 1.29 is 9.31 Å². The summed E-state index contributed by atoms with van der Waals surface area (Å²) in [4.78, 5) is 9.23. The molecule has 1 heterocycles. The van der Waals surface area contributed by atoms with E-state index in [0.29, 0.717) is 0 Å². The molecular weight excluding hydrogens is 145 g/mol. The second-order valence-electron chi connectivity index (χ2n) is 1.37. The van der Waals surface area contributed by atoms with E-state index in [1.54, 1.807) is 0 Å². The summed E-state index contributed by atoms with van der Waals surface area (Å²) >= 11 is 0.724. The van der Waals surface area contributed by atoms with Crippen LogP contribution < -0.4 is 0 Å². The van der Waals surface area contributed by atoms with Crippen LogP contribution in [0.2, 0.25) is 0 Å². The molecule has 1 aromatic heterocycles. The number of rotatable bonds is 1. The van der Waals surface area contributed by atoms with E-state index in [9.17, 15) is 14.5 Å². The summed E-state index contributed by atoms with van der Waals surface area (Å²) in [6.45, 7) is 0. The third-order valence-electron chi connectivity index (χ3n) is 0.764. The van der Waals surface area contributed by atoms with Crippen molar-refractivity contribution in [3.8, 4) is 0 Å². The normalized spacial score (nSPS) is 9.44. The van der Waals surface area contributed by atoms with Crippen LogP contribution in [0.1, 0.15) is 0 Å². The average Bonchev–Trinajstić information content (AvgIpc) is 2.14. The Morgan fingerprint density at radius 3 is 2.67 bits per heavy atom. The molecule has 0 amide bonds. The largest absolute Gasteiger partial charge is 0.283 e. The second-order valence-corrected chi connectivity index (χ2v) is 2.23. The highest BCUT2D eigenvalue weighted by Gasteiger charge is 2.07. The number of halogens is 1. The van der Waals surface area contributed by atoms with E-state index < -0.39 is 10.1 Å². The minimum atomic E-state index is -0.625. The van der Waals surface area contributed by atoms with Crippen LogP contribution in [0, 0.1) is 15.2 Å². The maximum Gasteiger partial charge on any atom is 0.283 e. The monoisotopic (exact) mass is 147 g/mol. The first kappa shape index (κ1) is 6.15. The van der Waals surface area contributed by atoms with Crippen LogP contribution in [0.5, 0.6) is 0 Å². The summed E-state index contributed by atoms with van der Waals surface area (Å²) in [5.41, 5.74) is -0.183. The van der Waals surface area contributed by atoms with Crippen LogP contribution in [0.25, 0.3) is 0 Å². The molecule has 0 aliphatic rings. The van der Waals surface area contributed by atoms with E-state index in [1.807, 2.05) is 0 Å². The van der Waals surface area contributed by atoms with Crippen LogP contribution in [-0.4, -0.2) is 4.92 Å². The molecule has 0 aliphatic carbocycles. The number of thiophene rings is 1. The maximum atomic E-state index is 12.0. The first-order valence-electron chi connectivity index (χ1n) is 2.08. The Hall–Kier alpha value is -0.970. The van der Waals surface area contributed by atoms with Crippen LogP contribution in [0.3, 0.4) is 0 Å². The van der Waals surface area contributed by atoms with Crippen molar-refractivity contribution in [1.29, 1.82) is 0 Å². The summed E-state index contributed by atoms with van der Waals surface area (Å²) < 4.78 is 12.0. The molecule has 0 aromatic carbocycles. The van der Waals surface area contributed by atoms with Gasteiger partial charge >= 0.3 is 0 Å². The van der Waals surface area contributed by atoms with Gasteiger partial charge in [0.05, 0.1) is 16.4 Å². The van der Waals surface area contributed by atoms with Gasteiger partial charge in [-0.05, 0) is 0 Å². The highest BCUT2D eigenvalue weighted by Crippen LogP contribution is 2.18. The Morgan fingerprint density at radius 1 is 1.78 bits per heavy atom. The number of hydrogen-bond acceptors (Lipinski definition) is 3. The molecule has 0 fully saturated rings. The lowest BCUT2D eigenvalue weighted by Crippen LogP contribution is -1.82. The van der Waals surface area contributed by atoms with Gasteiger partial charge in [0.25, 0.3) is 5.69 Å². The van der Waals surface area contributed by atoms with E-state index in [1.165, 1.54) is 0 Å². The van der Waals surface area contributed by atoms with Crippen molar-refractivity contribution in [2.45, 2.75) is 0 Å². The van der Waals surface area contributed by atoms with Gasteiger partial charge in [-0.1, -0.05) is 0 Å². The van der Waals surface area contributed by atoms with Crippen LogP contribution in [0.15, 0.2) is 11.4 Å². The van der Waals surface area contributed by atoms with E-state index in [2.05, 4.69) is 0 Å². The lowest BCUT2D eigenvalue weighted by molar-refractivity contribution is -0.384. The fourth-order valence-corrected chi connectivity index (χ4v) is 0.973. The Balaban J connectivity index is 2.98. The molecule has 5 heteroatoms. The molecule has 48 valence electrons. The van der Waals surface area contributed by atoms with Crippen molar-refractivity contribution >= 4 is 17.0 Å². The highest BCUT2D eigenvalue weighted by atomic mass is 32.1. The Labute approximate surface area is 53.9 Å². The third kappa shape index (κ3) is 1.23. The van der Waals surface area contributed by atoms with Crippen molar-refractivity contribution in [3.63, 3.8) is 0 Å². The molecule has 0 bridgehead atoms. The lowest BCUT2D eigenvalue weighted by Gasteiger charge is -1.77. The minimum Gasteiger partial charge on any atom is -0.258 e. The molecule has 0 atom stereocenters. The number of hydrogen-bond donors (Lipinski definition) is 0. The zero-order chi connectivity index (χ0) is 6.85. The smallest absolute Gasteiger partial charge is 0.258 e. The van der Waals surface area contributed by atoms with E-state index in [4.69, 9.17) is 0 Å². The van der Waals surface area contributed by atoms with E-state index in [0.717, 1.165) is 22.8 Å². The molecule has 0 aliphatic heterocycles. The molecule has 0 N–H and O–H groups in total. The Bertz CT molecular complexity index is 234. The predicted molar refractivity (Wildman–Crippen MR) is 30.9 cm³/mol. The number of nitro groups is 1. The Kier molecular flexibility index (Phi) is 1.44. The van der Waals surface area contributed by atoms with Gasteiger partial charge in [-0.25, -0.2) is 0 Å². The fourth-order valence-electron chi connectivity index (χ4n) is 0.397. The molecule has 0 spiro atoms. The van der Waals surface area contributed by atoms with Crippen molar-refractivity contribution in [3.05, 3.63) is 26.7 Å². The van der Waals surface area contributed by atoms with Crippen molar-refractivity contribution in [2.24, 2.45) is 0 Å². The highest BCUT2D eigenvalue weighted by molar-refractivity contribution is 7.08. The minimum absolute atomic E-state index is 0.183. The van der Waals surface area contributed by atoms with Crippen LogP contribution in [-0.2, 0) is 0 Å². The fraction of sp³-hybridized carbons (Fsp3) is 0. The SMILES string of the molecule is O=[N+]([O-])c1csc(F)c1. The summed E-state index contributed by atoms with van der Waals surface area (Å²) in [6, 6.07) is 0.894. The molecule has 3 nitrogen and oxygen atoms in total. The third-order valence-corrected chi connectivity index (χ3v) is 1.47. The van der Waals surface area contributed by atoms with Gasteiger partial charge in [0.1, 0.15) is 0 Å².